The van der Waals surface area contributed by atoms with Gasteiger partial charge in [-0.15, -0.1) is 0 Å². The molecule has 1 atom stereocenters. The lowest BCUT2D eigenvalue weighted by atomic mass is 9.92. The molecule has 0 aromatic heterocycles. The van der Waals surface area contributed by atoms with Crippen LogP contribution in [0.1, 0.15) is 11.1 Å². The molecule has 0 fully saturated rings. The number of hydrogen-bond donors (Lipinski definition) is 2. The summed E-state index contributed by atoms with van der Waals surface area (Å²) in [5.74, 6) is -0.780. The summed E-state index contributed by atoms with van der Waals surface area (Å²) < 4.78 is 0. The van der Waals surface area contributed by atoms with Gasteiger partial charge < -0.3 is 10.4 Å². The smallest absolute Gasteiger partial charge is 0.321 e. The molecule has 3 nitrogen and oxygen atoms in total. The second-order valence-corrected chi connectivity index (χ2v) is 4.83. The first kappa shape index (κ1) is 11.9. The number of carboxylic acids is 1. The van der Waals surface area contributed by atoms with Crippen molar-refractivity contribution in [3.8, 4) is 11.1 Å². The molecule has 0 spiro atoms. The Morgan fingerprint density at radius 2 is 1.84 bits per heavy atom. The van der Waals surface area contributed by atoms with Gasteiger partial charge >= 0.3 is 5.97 Å². The maximum Gasteiger partial charge on any atom is 0.321 e. The molecule has 0 saturated carbocycles. The number of fused-ring (bicyclic) bond motifs is 1. The number of carboxylic acid groups (broad SMARTS) is 1. The van der Waals surface area contributed by atoms with E-state index in [0.717, 1.165) is 5.56 Å². The van der Waals surface area contributed by atoms with E-state index in [-0.39, 0.29) is 0 Å². The lowest BCUT2D eigenvalue weighted by molar-refractivity contribution is -0.139. The van der Waals surface area contributed by atoms with Crippen LogP contribution in [0.3, 0.4) is 0 Å². The molecule has 1 heterocycles. The maximum atomic E-state index is 11.0. The molecule has 3 rings (SSSR count). The van der Waals surface area contributed by atoms with Gasteiger partial charge in [0.1, 0.15) is 6.04 Å². The van der Waals surface area contributed by atoms with Crippen LogP contribution in [0.15, 0.2) is 48.5 Å². The molecule has 2 aromatic rings. The molecule has 2 aromatic carbocycles. The van der Waals surface area contributed by atoms with Crippen LogP contribution in [-0.2, 0) is 17.8 Å². The zero-order chi connectivity index (χ0) is 13.2. The van der Waals surface area contributed by atoms with Crippen LogP contribution >= 0.6 is 0 Å². The molecule has 0 aliphatic carbocycles. The van der Waals surface area contributed by atoms with Crippen molar-refractivity contribution in [2.45, 2.75) is 19.0 Å². The first-order valence-electron chi connectivity index (χ1n) is 6.37. The second-order valence-electron chi connectivity index (χ2n) is 4.83. The number of aliphatic carboxylic acids is 1. The number of nitrogens with one attached hydrogen (secondary N) is 1. The van der Waals surface area contributed by atoms with Gasteiger partial charge in [-0.3, -0.25) is 4.79 Å². The number of rotatable bonds is 2. The Morgan fingerprint density at radius 3 is 2.58 bits per heavy atom. The predicted octanol–water partition coefficient (Wildman–Crippen LogP) is 2.45. The second kappa shape index (κ2) is 4.86. The van der Waals surface area contributed by atoms with E-state index in [1.165, 1.54) is 16.7 Å². The Labute approximate surface area is 111 Å². The van der Waals surface area contributed by atoms with Gasteiger partial charge in [-0.2, -0.15) is 0 Å². The van der Waals surface area contributed by atoms with Crippen LogP contribution in [0.5, 0.6) is 0 Å². The average Bonchev–Trinajstić information content (AvgIpc) is 2.47. The van der Waals surface area contributed by atoms with E-state index in [0.29, 0.717) is 13.0 Å². The summed E-state index contributed by atoms with van der Waals surface area (Å²) in [5, 5.41) is 12.1. The third-order valence-corrected chi connectivity index (χ3v) is 3.57. The Hall–Kier alpha value is -2.13. The quantitative estimate of drug-likeness (QED) is 0.864. The summed E-state index contributed by atoms with van der Waals surface area (Å²) in [7, 11) is 0. The normalized spacial score (nSPS) is 17.8. The van der Waals surface area contributed by atoms with Crippen molar-refractivity contribution in [3.05, 3.63) is 59.7 Å². The van der Waals surface area contributed by atoms with Crippen LogP contribution in [0.2, 0.25) is 0 Å². The van der Waals surface area contributed by atoms with E-state index in [2.05, 4.69) is 35.6 Å². The van der Waals surface area contributed by atoms with E-state index in [4.69, 9.17) is 5.11 Å². The van der Waals surface area contributed by atoms with Gasteiger partial charge in [-0.25, -0.2) is 0 Å². The molecule has 2 N–H and O–H groups in total. The number of carbonyl (C=O) groups is 1. The van der Waals surface area contributed by atoms with E-state index in [1.54, 1.807) is 0 Å². The van der Waals surface area contributed by atoms with Gasteiger partial charge in [0.15, 0.2) is 0 Å². The minimum absolute atomic E-state index is 0.463. The summed E-state index contributed by atoms with van der Waals surface area (Å²) in [4.78, 5) is 11.0. The van der Waals surface area contributed by atoms with Crippen molar-refractivity contribution in [3.63, 3.8) is 0 Å². The van der Waals surface area contributed by atoms with Crippen molar-refractivity contribution >= 4 is 5.97 Å². The Bertz CT molecular complexity index is 607. The summed E-state index contributed by atoms with van der Waals surface area (Å²) in [5.41, 5.74) is 4.69. The van der Waals surface area contributed by atoms with Gasteiger partial charge in [0.25, 0.3) is 0 Å². The maximum absolute atomic E-state index is 11.0. The van der Waals surface area contributed by atoms with Crippen molar-refractivity contribution in [2.75, 3.05) is 0 Å². The lowest BCUT2D eigenvalue weighted by Crippen LogP contribution is -2.41. The number of benzene rings is 2. The highest BCUT2D eigenvalue weighted by atomic mass is 16.4. The Morgan fingerprint density at radius 1 is 1.05 bits per heavy atom. The molecule has 0 saturated heterocycles. The van der Waals surface area contributed by atoms with Crippen LogP contribution in [-0.4, -0.2) is 17.1 Å². The molecular formula is C16H15NO2. The highest BCUT2D eigenvalue weighted by molar-refractivity contribution is 5.75. The molecule has 96 valence electrons. The summed E-state index contributed by atoms with van der Waals surface area (Å²) in [6.45, 7) is 0.618. The summed E-state index contributed by atoms with van der Waals surface area (Å²) in [6.07, 6.45) is 0.555. The van der Waals surface area contributed by atoms with Crippen molar-refractivity contribution in [2.24, 2.45) is 0 Å². The topological polar surface area (TPSA) is 49.3 Å². The van der Waals surface area contributed by atoms with E-state index in [9.17, 15) is 4.79 Å². The largest absolute Gasteiger partial charge is 0.480 e. The van der Waals surface area contributed by atoms with Gasteiger partial charge in [0.2, 0.25) is 0 Å². The molecular weight excluding hydrogens is 238 g/mol. The molecule has 19 heavy (non-hydrogen) atoms. The summed E-state index contributed by atoms with van der Waals surface area (Å²) in [6, 6.07) is 16.0. The third-order valence-electron chi connectivity index (χ3n) is 3.57. The monoisotopic (exact) mass is 253 g/mol. The fourth-order valence-corrected chi connectivity index (χ4v) is 2.50. The van der Waals surface area contributed by atoms with Gasteiger partial charge in [0, 0.05) is 6.54 Å². The molecule has 0 unspecified atom stereocenters. The SMILES string of the molecule is O=C(O)[C@@H]1Cc2ccc(-c3ccccc3)cc2CN1. The molecule has 0 radical (unpaired) electrons. The zero-order valence-corrected chi connectivity index (χ0v) is 10.5. The molecule has 0 amide bonds. The molecule has 0 bridgehead atoms. The van der Waals surface area contributed by atoms with Crippen LogP contribution in [0.4, 0.5) is 0 Å². The van der Waals surface area contributed by atoms with Crippen LogP contribution in [0.25, 0.3) is 11.1 Å². The van der Waals surface area contributed by atoms with Gasteiger partial charge in [0.05, 0.1) is 0 Å². The van der Waals surface area contributed by atoms with Crippen molar-refractivity contribution in [1.82, 2.24) is 5.32 Å². The lowest BCUT2D eigenvalue weighted by Gasteiger charge is -2.23. The molecule has 3 heteroatoms. The van der Waals surface area contributed by atoms with E-state index < -0.39 is 12.0 Å². The first-order chi connectivity index (χ1) is 9.24. The number of hydrogen-bond acceptors (Lipinski definition) is 2. The Kier molecular flexibility index (Phi) is 3.05. The molecule has 1 aliphatic rings. The molecule has 1 aliphatic heterocycles. The van der Waals surface area contributed by atoms with Gasteiger partial charge in [-0.1, -0.05) is 42.5 Å². The van der Waals surface area contributed by atoms with E-state index in [1.807, 2.05) is 18.2 Å². The fraction of sp³-hybridized carbons (Fsp3) is 0.188. The minimum atomic E-state index is -0.780. The van der Waals surface area contributed by atoms with Crippen LogP contribution < -0.4 is 5.32 Å². The predicted molar refractivity (Wildman–Crippen MR) is 73.8 cm³/mol. The Balaban J connectivity index is 1.92. The summed E-state index contributed by atoms with van der Waals surface area (Å²) >= 11 is 0. The van der Waals surface area contributed by atoms with Crippen molar-refractivity contribution in [1.29, 1.82) is 0 Å². The van der Waals surface area contributed by atoms with Crippen molar-refractivity contribution < 1.29 is 9.90 Å². The first-order valence-corrected chi connectivity index (χ1v) is 6.37. The van der Waals surface area contributed by atoms with Gasteiger partial charge in [-0.05, 0) is 34.7 Å². The average molecular weight is 253 g/mol. The highest BCUT2D eigenvalue weighted by Crippen LogP contribution is 2.25. The van der Waals surface area contributed by atoms with Crippen LogP contribution in [0, 0.1) is 0 Å². The zero-order valence-electron chi connectivity index (χ0n) is 10.5. The van der Waals surface area contributed by atoms with E-state index >= 15 is 0 Å². The third kappa shape index (κ3) is 2.37. The standard InChI is InChI=1S/C16H15NO2/c18-16(19)15-9-13-7-6-12(8-14(13)10-17-15)11-4-2-1-3-5-11/h1-8,15,17H,9-10H2,(H,18,19)/t15-/m0/s1. The minimum Gasteiger partial charge on any atom is -0.480 e. The highest BCUT2D eigenvalue weighted by Gasteiger charge is 2.23. The fourth-order valence-electron chi connectivity index (χ4n) is 2.50.